The van der Waals surface area contributed by atoms with E-state index in [1.54, 1.807) is 29.4 Å². The number of amides is 1. The van der Waals surface area contributed by atoms with Crippen molar-refractivity contribution in [2.45, 2.75) is 19.4 Å². The number of hydrogen-bond donors (Lipinski definition) is 0. The van der Waals surface area contributed by atoms with Crippen molar-refractivity contribution < 1.29 is 4.79 Å². The molecule has 5 heteroatoms. The molecular weight excluding hydrogens is 252 g/mol. The summed E-state index contributed by atoms with van der Waals surface area (Å²) < 4.78 is 2.19. The van der Waals surface area contributed by atoms with Crippen molar-refractivity contribution in [3.05, 3.63) is 48.3 Å². The average Bonchev–Trinajstić information content (AvgIpc) is 2.95. The van der Waals surface area contributed by atoms with E-state index in [9.17, 15) is 4.79 Å². The summed E-state index contributed by atoms with van der Waals surface area (Å²) in [6.45, 7) is 1.76. The van der Waals surface area contributed by atoms with Crippen molar-refractivity contribution in [2.24, 2.45) is 5.92 Å². The van der Waals surface area contributed by atoms with Gasteiger partial charge in [0.25, 0.3) is 5.91 Å². The number of fused-ring (bicyclic) bond motifs is 1. The molecule has 5 nitrogen and oxygen atoms in total. The zero-order chi connectivity index (χ0) is 13.9. The Balaban J connectivity index is 1.63. The second kappa shape index (κ2) is 5.45. The van der Waals surface area contributed by atoms with Crippen LogP contribution in [0.1, 0.15) is 22.6 Å². The first-order valence-corrected chi connectivity index (χ1v) is 6.89. The number of hydrogen-bond acceptors (Lipinski definition) is 3. The van der Waals surface area contributed by atoms with Gasteiger partial charge in [-0.25, -0.2) is 4.98 Å². The van der Waals surface area contributed by atoms with Crippen LogP contribution < -0.4 is 0 Å². The number of nitrogens with zero attached hydrogens (tertiary/aromatic N) is 4. The van der Waals surface area contributed by atoms with Crippen molar-refractivity contribution in [3.63, 3.8) is 0 Å². The molecule has 0 aromatic carbocycles. The summed E-state index contributed by atoms with van der Waals surface area (Å²) in [6.07, 6.45) is 9.20. The second-order valence-corrected chi connectivity index (χ2v) is 5.32. The van der Waals surface area contributed by atoms with Crippen LogP contribution in [0.2, 0.25) is 0 Å². The van der Waals surface area contributed by atoms with E-state index in [2.05, 4.69) is 14.5 Å². The Kier molecular flexibility index (Phi) is 3.50. The predicted octanol–water partition coefficient (Wildman–Crippen LogP) is 1.61. The maximum atomic E-state index is 12.3. The van der Waals surface area contributed by atoms with Crippen LogP contribution in [0.15, 0.2) is 36.9 Å². The normalized spacial score (nSPS) is 17.6. The van der Waals surface area contributed by atoms with Crippen LogP contribution in [0.4, 0.5) is 0 Å². The third kappa shape index (κ3) is 2.57. The molecule has 0 saturated heterocycles. The lowest BCUT2D eigenvalue weighted by Crippen LogP contribution is -2.35. The minimum absolute atomic E-state index is 0.0343. The standard InChI is InChI=1S/C15H18N4O/c1-18(15(20)13-3-2-5-16-10-13)11-12-4-7-19-8-6-17-14(19)9-12/h2-3,5-6,8,10,12H,4,7,9,11H2,1H3. The first kappa shape index (κ1) is 12.8. The predicted molar refractivity (Wildman–Crippen MR) is 75.2 cm³/mol. The summed E-state index contributed by atoms with van der Waals surface area (Å²) >= 11 is 0. The summed E-state index contributed by atoms with van der Waals surface area (Å²) in [7, 11) is 1.86. The van der Waals surface area contributed by atoms with Crippen LogP contribution in [0, 0.1) is 5.92 Å². The molecule has 2 aromatic rings. The largest absolute Gasteiger partial charge is 0.341 e. The second-order valence-electron chi connectivity index (χ2n) is 5.32. The first-order valence-electron chi connectivity index (χ1n) is 6.89. The minimum atomic E-state index is 0.0343. The maximum Gasteiger partial charge on any atom is 0.255 e. The van der Waals surface area contributed by atoms with E-state index >= 15 is 0 Å². The highest BCUT2D eigenvalue weighted by atomic mass is 16.2. The van der Waals surface area contributed by atoms with Gasteiger partial charge < -0.3 is 9.47 Å². The molecule has 1 aliphatic heterocycles. The highest BCUT2D eigenvalue weighted by Crippen LogP contribution is 2.20. The molecule has 0 fully saturated rings. The Morgan fingerprint density at radius 2 is 2.40 bits per heavy atom. The van der Waals surface area contributed by atoms with Crippen molar-refractivity contribution in [1.29, 1.82) is 0 Å². The topological polar surface area (TPSA) is 51.0 Å². The molecule has 0 spiro atoms. The van der Waals surface area contributed by atoms with Crippen molar-refractivity contribution in [1.82, 2.24) is 19.4 Å². The van der Waals surface area contributed by atoms with Gasteiger partial charge in [-0.1, -0.05) is 0 Å². The van der Waals surface area contributed by atoms with E-state index in [0.29, 0.717) is 11.5 Å². The Hall–Kier alpha value is -2.17. The van der Waals surface area contributed by atoms with Gasteiger partial charge in [-0.2, -0.15) is 0 Å². The van der Waals surface area contributed by atoms with Gasteiger partial charge in [0.2, 0.25) is 0 Å². The number of imidazole rings is 1. The van der Waals surface area contributed by atoms with Gasteiger partial charge in [-0.3, -0.25) is 9.78 Å². The fraction of sp³-hybridized carbons (Fsp3) is 0.400. The number of rotatable bonds is 3. The van der Waals surface area contributed by atoms with Gasteiger partial charge >= 0.3 is 0 Å². The molecule has 3 heterocycles. The molecule has 0 radical (unpaired) electrons. The number of aromatic nitrogens is 3. The average molecular weight is 270 g/mol. The van der Waals surface area contributed by atoms with E-state index in [1.165, 1.54) is 0 Å². The van der Waals surface area contributed by atoms with E-state index in [1.807, 2.05) is 19.4 Å². The molecule has 0 aliphatic carbocycles. The number of pyridine rings is 1. The molecule has 2 aromatic heterocycles. The fourth-order valence-corrected chi connectivity index (χ4v) is 2.75. The monoisotopic (exact) mass is 270 g/mol. The Bertz CT molecular complexity index is 593. The Morgan fingerprint density at radius 3 is 3.20 bits per heavy atom. The SMILES string of the molecule is CN(CC1CCn2ccnc2C1)C(=O)c1cccnc1. The van der Waals surface area contributed by atoms with Crippen molar-refractivity contribution >= 4 is 5.91 Å². The molecule has 1 aliphatic rings. The smallest absolute Gasteiger partial charge is 0.255 e. The van der Waals surface area contributed by atoms with Crippen LogP contribution in [0.3, 0.4) is 0 Å². The maximum absolute atomic E-state index is 12.3. The van der Waals surface area contributed by atoms with E-state index in [0.717, 1.165) is 31.8 Å². The molecule has 1 atom stereocenters. The van der Waals surface area contributed by atoms with E-state index < -0.39 is 0 Å². The van der Waals surface area contributed by atoms with Crippen LogP contribution in [0.5, 0.6) is 0 Å². The highest BCUT2D eigenvalue weighted by molar-refractivity contribution is 5.93. The lowest BCUT2D eigenvalue weighted by molar-refractivity contribution is 0.0763. The van der Waals surface area contributed by atoms with Gasteiger partial charge in [-0.05, 0) is 24.5 Å². The Labute approximate surface area is 118 Å². The van der Waals surface area contributed by atoms with Gasteiger partial charge in [-0.15, -0.1) is 0 Å². The zero-order valence-electron chi connectivity index (χ0n) is 11.6. The fourth-order valence-electron chi connectivity index (χ4n) is 2.75. The number of carbonyl (C=O) groups excluding carboxylic acids is 1. The molecule has 1 unspecified atom stereocenters. The van der Waals surface area contributed by atoms with Gasteiger partial charge in [0, 0.05) is 51.3 Å². The molecular formula is C15H18N4O. The van der Waals surface area contributed by atoms with Crippen LogP contribution >= 0.6 is 0 Å². The molecule has 104 valence electrons. The lowest BCUT2D eigenvalue weighted by Gasteiger charge is -2.27. The summed E-state index contributed by atoms with van der Waals surface area (Å²) in [5.74, 6) is 1.64. The van der Waals surface area contributed by atoms with Crippen LogP contribution in [0.25, 0.3) is 0 Å². The summed E-state index contributed by atoms with van der Waals surface area (Å²) in [5.41, 5.74) is 0.646. The summed E-state index contributed by atoms with van der Waals surface area (Å²) in [6, 6.07) is 3.60. The van der Waals surface area contributed by atoms with Crippen molar-refractivity contribution in [2.75, 3.05) is 13.6 Å². The minimum Gasteiger partial charge on any atom is -0.341 e. The number of aryl methyl sites for hydroxylation is 1. The zero-order valence-corrected chi connectivity index (χ0v) is 11.6. The van der Waals surface area contributed by atoms with Gasteiger partial charge in [0.15, 0.2) is 0 Å². The molecule has 0 bridgehead atoms. The van der Waals surface area contributed by atoms with E-state index in [-0.39, 0.29) is 5.91 Å². The molecule has 20 heavy (non-hydrogen) atoms. The lowest BCUT2D eigenvalue weighted by atomic mass is 9.97. The molecule has 3 rings (SSSR count). The van der Waals surface area contributed by atoms with Crippen LogP contribution in [-0.2, 0) is 13.0 Å². The highest BCUT2D eigenvalue weighted by Gasteiger charge is 2.22. The molecule has 0 saturated carbocycles. The number of carbonyl (C=O) groups is 1. The van der Waals surface area contributed by atoms with Gasteiger partial charge in [0.1, 0.15) is 5.82 Å². The summed E-state index contributed by atoms with van der Waals surface area (Å²) in [4.78, 5) is 22.4. The molecule has 1 amide bonds. The van der Waals surface area contributed by atoms with Crippen LogP contribution in [-0.4, -0.2) is 38.9 Å². The first-order chi connectivity index (χ1) is 9.74. The quantitative estimate of drug-likeness (QED) is 0.851. The van der Waals surface area contributed by atoms with Crippen molar-refractivity contribution in [3.8, 4) is 0 Å². The molecule has 0 N–H and O–H groups in total. The third-order valence-corrected chi connectivity index (χ3v) is 3.84. The summed E-state index contributed by atoms with van der Waals surface area (Å²) in [5, 5.41) is 0. The third-order valence-electron chi connectivity index (χ3n) is 3.84. The Morgan fingerprint density at radius 1 is 1.50 bits per heavy atom. The van der Waals surface area contributed by atoms with E-state index in [4.69, 9.17) is 0 Å². The van der Waals surface area contributed by atoms with Gasteiger partial charge in [0.05, 0.1) is 5.56 Å².